The molecule has 1 rings (SSSR count). The molecule has 0 radical (unpaired) electrons. The third-order valence-electron chi connectivity index (χ3n) is 1.69. The zero-order chi connectivity index (χ0) is 11.5. The van der Waals surface area contributed by atoms with Crippen LogP contribution in [0.15, 0.2) is 33.6 Å². The molecule has 1 aromatic rings. The van der Waals surface area contributed by atoms with Crippen LogP contribution in [0.2, 0.25) is 0 Å². The highest BCUT2D eigenvalue weighted by Gasteiger charge is 2.12. The molecule has 0 aliphatic carbocycles. The Balaban J connectivity index is 3.13. The summed E-state index contributed by atoms with van der Waals surface area (Å²) in [6.45, 7) is 1.87. The molecule has 0 atom stereocenters. The van der Waals surface area contributed by atoms with Gasteiger partial charge in [-0.2, -0.15) is 8.42 Å². The van der Waals surface area contributed by atoms with Crippen molar-refractivity contribution in [2.45, 2.75) is 11.8 Å². The molecular weight excluding hydrogens is 236 g/mol. The first-order valence-corrected chi connectivity index (χ1v) is 6.15. The molecule has 0 aromatic heterocycles. The molecule has 0 bridgehead atoms. The number of hydrogen-bond acceptors (Lipinski definition) is 2. The van der Waals surface area contributed by atoms with Crippen LogP contribution in [0.4, 0.5) is 0 Å². The maximum absolute atomic E-state index is 11.6. The third-order valence-corrected chi connectivity index (χ3v) is 3.31. The maximum atomic E-state index is 11.6. The minimum Gasteiger partial charge on any atom is -0.385 e. The molecule has 1 aromatic carbocycles. The Morgan fingerprint density at radius 2 is 1.93 bits per heavy atom. The molecule has 0 aliphatic heterocycles. The van der Waals surface area contributed by atoms with Gasteiger partial charge >= 0.3 is 0 Å². The summed E-state index contributed by atoms with van der Waals surface area (Å²) in [5, 5.41) is 0. The van der Waals surface area contributed by atoms with Crippen LogP contribution in [0.1, 0.15) is 5.56 Å². The molecule has 82 valence electrons. The lowest BCUT2D eigenvalue weighted by Crippen LogP contribution is -2.16. The van der Waals surface area contributed by atoms with Gasteiger partial charge in [-0.25, -0.2) is 0 Å². The number of sulfonamides is 1. The summed E-state index contributed by atoms with van der Waals surface area (Å²) in [6.07, 6.45) is 0. The van der Waals surface area contributed by atoms with Crippen molar-refractivity contribution in [1.82, 2.24) is 0 Å². The van der Waals surface area contributed by atoms with E-state index in [-0.39, 0.29) is 16.6 Å². The lowest BCUT2D eigenvalue weighted by atomic mass is 10.2. The van der Waals surface area contributed by atoms with Crippen LogP contribution in [-0.4, -0.2) is 20.1 Å². The van der Waals surface area contributed by atoms with E-state index in [1.54, 1.807) is 12.1 Å². The number of nitrogens with zero attached hydrogens (tertiary/aromatic N) is 1. The number of amidine groups is 1. The number of alkyl halides is 1. The molecule has 4 nitrogen and oxygen atoms in total. The number of rotatable bonds is 3. The van der Waals surface area contributed by atoms with Gasteiger partial charge in [0.15, 0.2) is 0 Å². The van der Waals surface area contributed by atoms with Crippen LogP contribution in [0, 0.1) is 6.92 Å². The maximum Gasteiger partial charge on any atom is 0.283 e. The Hall–Kier alpha value is -1.07. The smallest absolute Gasteiger partial charge is 0.283 e. The third kappa shape index (κ3) is 3.21. The second-order valence-corrected chi connectivity index (χ2v) is 4.88. The van der Waals surface area contributed by atoms with Crippen molar-refractivity contribution in [1.29, 1.82) is 0 Å². The van der Waals surface area contributed by atoms with Gasteiger partial charge in [-0.1, -0.05) is 17.7 Å². The molecule has 0 unspecified atom stereocenters. The molecular formula is C9H11ClN2O2S. The monoisotopic (exact) mass is 246 g/mol. The first kappa shape index (κ1) is 12.0. The van der Waals surface area contributed by atoms with Gasteiger partial charge in [-0.15, -0.1) is 16.0 Å². The molecule has 0 spiro atoms. The number of benzene rings is 1. The topological polar surface area (TPSA) is 72.5 Å². The largest absolute Gasteiger partial charge is 0.385 e. The quantitative estimate of drug-likeness (QED) is 0.496. The lowest BCUT2D eigenvalue weighted by molar-refractivity contribution is 0.598. The number of aryl methyl sites for hydroxylation is 1. The van der Waals surface area contributed by atoms with E-state index < -0.39 is 10.0 Å². The van der Waals surface area contributed by atoms with Crippen LogP contribution < -0.4 is 5.73 Å². The number of hydrogen-bond donors (Lipinski definition) is 1. The fraction of sp³-hybridized carbons (Fsp3) is 0.222. The van der Waals surface area contributed by atoms with Gasteiger partial charge < -0.3 is 5.73 Å². The fourth-order valence-corrected chi connectivity index (χ4v) is 2.03. The zero-order valence-electron chi connectivity index (χ0n) is 8.14. The predicted molar refractivity (Wildman–Crippen MR) is 60.7 cm³/mol. The second-order valence-electron chi connectivity index (χ2n) is 3.00. The Bertz CT molecular complexity index is 465. The first-order chi connectivity index (χ1) is 6.95. The molecule has 0 aliphatic rings. The van der Waals surface area contributed by atoms with Crippen LogP contribution in [0.5, 0.6) is 0 Å². The van der Waals surface area contributed by atoms with Crippen molar-refractivity contribution in [2.75, 3.05) is 5.88 Å². The molecule has 0 fully saturated rings. The Morgan fingerprint density at radius 3 is 2.40 bits per heavy atom. The van der Waals surface area contributed by atoms with Gasteiger partial charge in [0.1, 0.15) is 5.84 Å². The van der Waals surface area contributed by atoms with Crippen LogP contribution in [0.25, 0.3) is 0 Å². The highest BCUT2D eigenvalue weighted by atomic mass is 35.5. The summed E-state index contributed by atoms with van der Waals surface area (Å²) in [5.74, 6) is -0.220. The Morgan fingerprint density at radius 1 is 1.40 bits per heavy atom. The van der Waals surface area contributed by atoms with Gasteiger partial charge in [0.25, 0.3) is 10.0 Å². The van der Waals surface area contributed by atoms with E-state index in [0.717, 1.165) is 5.56 Å². The van der Waals surface area contributed by atoms with E-state index in [9.17, 15) is 8.42 Å². The van der Waals surface area contributed by atoms with E-state index in [4.69, 9.17) is 17.3 Å². The van der Waals surface area contributed by atoms with Crippen molar-refractivity contribution in [2.24, 2.45) is 10.1 Å². The summed E-state index contributed by atoms with van der Waals surface area (Å²) in [7, 11) is -3.71. The summed E-state index contributed by atoms with van der Waals surface area (Å²) in [5.41, 5.74) is 6.24. The average Bonchev–Trinajstić information content (AvgIpc) is 2.17. The van der Waals surface area contributed by atoms with Crippen LogP contribution >= 0.6 is 11.6 Å². The van der Waals surface area contributed by atoms with E-state index >= 15 is 0 Å². The molecule has 0 amide bonds. The summed E-state index contributed by atoms with van der Waals surface area (Å²) < 4.78 is 26.5. The minimum absolute atomic E-state index is 0.106. The highest BCUT2D eigenvalue weighted by Crippen LogP contribution is 2.12. The number of halogens is 1. The van der Waals surface area contributed by atoms with Crippen LogP contribution in [-0.2, 0) is 10.0 Å². The second kappa shape index (κ2) is 4.63. The van der Waals surface area contributed by atoms with Gasteiger partial charge in [-0.3, -0.25) is 0 Å². The standard InChI is InChI=1S/C9H11ClN2O2S/c1-7-2-4-8(5-3-7)15(13,14)12-9(11)6-10/h2-5H,6H2,1H3,(H2,11,12). The molecule has 15 heavy (non-hydrogen) atoms. The summed E-state index contributed by atoms with van der Waals surface area (Å²) in [6, 6.07) is 6.35. The van der Waals surface area contributed by atoms with Crippen molar-refractivity contribution in [3.63, 3.8) is 0 Å². The van der Waals surface area contributed by atoms with Crippen molar-refractivity contribution < 1.29 is 8.42 Å². The predicted octanol–water partition coefficient (Wildman–Crippen LogP) is 1.28. The summed E-state index contributed by atoms with van der Waals surface area (Å²) >= 11 is 5.35. The average molecular weight is 247 g/mol. The fourth-order valence-electron chi connectivity index (χ4n) is 0.942. The highest BCUT2D eigenvalue weighted by molar-refractivity contribution is 7.90. The zero-order valence-corrected chi connectivity index (χ0v) is 9.72. The van der Waals surface area contributed by atoms with E-state index in [1.807, 2.05) is 6.92 Å². The Labute approximate surface area is 93.8 Å². The van der Waals surface area contributed by atoms with E-state index in [1.165, 1.54) is 12.1 Å². The Kier molecular flexibility index (Phi) is 3.71. The SMILES string of the molecule is Cc1ccc(S(=O)(=O)N=C(N)CCl)cc1. The van der Waals surface area contributed by atoms with Crippen molar-refractivity contribution in [3.05, 3.63) is 29.8 Å². The summed E-state index contributed by atoms with van der Waals surface area (Å²) in [4.78, 5) is 0.112. The minimum atomic E-state index is -3.71. The molecule has 2 N–H and O–H groups in total. The number of nitrogens with two attached hydrogens (primary N) is 1. The molecule has 0 saturated carbocycles. The van der Waals surface area contributed by atoms with Crippen molar-refractivity contribution in [3.8, 4) is 0 Å². The van der Waals surface area contributed by atoms with Gasteiger partial charge in [0.05, 0.1) is 10.8 Å². The normalized spacial score (nSPS) is 12.8. The van der Waals surface area contributed by atoms with E-state index in [2.05, 4.69) is 4.40 Å². The lowest BCUT2D eigenvalue weighted by Gasteiger charge is -2.00. The van der Waals surface area contributed by atoms with E-state index in [0.29, 0.717) is 0 Å². The molecule has 0 saturated heterocycles. The van der Waals surface area contributed by atoms with Crippen LogP contribution in [0.3, 0.4) is 0 Å². The first-order valence-electron chi connectivity index (χ1n) is 4.17. The van der Waals surface area contributed by atoms with Gasteiger partial charge in [0, 0.05) is 0 Å². The molecule has 6 heteroatoms. The molecule has 0 heterocycles. The van der Waals surface area contributed by atoms with Gasteiger partial charge in [0.2, 0.25) is 0 Å². The van der Waals surface area contributed by atoms with Gasteiger partial charge in [-0.05, 0) is 19.1 Å². The van der Waals surface area contributed by atoms with Crippen molar-refractivity contribution >= 4 is 27.5 Å².